The van der Waals surface area contributed by atoms with Gasteiger partial charge in [-0.25, -0.2) is 0 Å². The van der Waals surface area contributed by atoms with Gasteiger partial charge in [-0.05, 0) is 89.9 Å². The number of phosphoric ester groups is 1. The predicted octanol–water partition coefficient (Wildman–Crippen LogP) is 16.7. The van der Waals surface area contributed by atoms with Gasteiger partial charge in [0.05, 0.1) is 34.2 Å². The van der Waals surface area contributed by atoms with Crippen LogP contribution in [0.1, 0.15) is 194 Å². The van der Waals surface area contributed by atoms with Crippen LogP contribution in [0.15, 0.2) is 134 Å². The van der Waals surface area contributed by atoms with Gasteiger partial charge < -0.3 is 27.9 Å². The molecule has 0 aromatic heterocycles. The molecule has 0 aliphatic rings. The molecule has 0 radical (unpaired) electrons. The first-order chi connectivity index (χ1) is 35.0. The molecule has 0 rings (SSSR count). The molecule has 72 heavy (non-hydrogen) atoms. The molecule has 0 spiro atoms. The number of carbonyl (C=O) groups is 2. The minimum Gasteiger partial charge on any atom is -0.756 e. The van der Waals surface area contributed by atoms with Crippen LogP contribution < -0.4 is 4.89 Å². The van der Waals surface area contributed by atoms with E-state index in [0.29, 0.717) is 23.9 Å². The molecule has 0 fully saturated rings. The lowest BCUT2D eigenvalue weighted by Crippen LogP contribution is -2.37. The van der Waals surface area contributed by atoms with Crippen molar-refractivity contribution in [3.8, 4) is 0 Å². The smallest absolute Gasteiger partial charge is 0.309 e. The van der Waals surface area contributed by atoms with E-state index in [1.54, 1.807) is 6.08 Å². The maximum Gasteiger partial charge on any atom is 0.309 e. The number of unbranched alkanes of at least 4 members (excludes halogenated alkanes) is 14. The summed E-state index contributed by atoms with van der Waals surface area (Å²) in [6.45, 7) is 3.87. The molecule has 0 amide bonds. The molecule has 0 N–H and O–H groups in total. The number of ether oxygens (including phenoxy) is 2. The van der Waals surface area contributed by atoms with Crippen molar-refractivity contribution in [2.75, 3.05) is 47.5 Å². The zero-order chi connectivity index (χ0) is 52.7. The molecule has 0 saturated carbocycles. The minimum absolute atomic E-state index is 0.0383. The van der Waals surface area contributed by atoms with Gasteiger partial charge in [0.1, 0.15) is 19.8 Å². The third-order valence-corrected chi connectivity index (χ3v) is 12.2. The van der Waals surface area contributed by atoms with Crippen LogP contribution >= 0.6 is 7.82 Å². The average Bonchev–Trinajstić information content (AvgIpc) is 3.34. The Bertz CT molecular complexity index is 1670. The van der Waals surface area contributed by atoms with E-state index in [1.807, 2.05) is 33.3 Å². The number of rotatable bonds is 49. The minimum atomic E-state index is -4.66. The molecule has 0 heterocycles. The van der Waals surface area contributed by atoms with Crippen molar-refractivity contribution < 1.29 is 42.1 Å². The first-order valence-corrected chi connectivity index (χ1v) is 29.4. The Balaban J connectivity index is 4.18. The van der Waals surface area contributed by atoms with Crippen LogP contribution in [0.25, 0.3) is 0 Å². The van der Waals surface area contributed by atoms with E-state index in [-0.39, 0.29) is 26.1 Å². The molecule has 10 heteroatoms. The summed E-state index contributed by atoms with van der Waals surface area (Å²) >= 11 is 0. The number of quaternary nitrogens is 1. The predicted molar refractivity (Wildman–Crippen MR) is 304 cm³/mol. The summed E-state index contributed by atoms with van der Waals surface area (Å²) in [4.78, 5) is 37.7. The van der Waals surface area contributed by atoms with Crippen LogP contribution in [0.2, 0.25) is 0 Å². The molecule has 0 aromatic rings. The lowest BCUT2D eigenvalue weighted by Gasteiger charge is -2.28. The number of hydrogen-bond acceptors (Lipinski definition) is 8. The molecule has 0 aliphatic carbocycles. The van der Waals surface area contributed by atoms with Gasteiger partial charge in [-0.1, -0.05) is 225 Å². The molecular formula is C62H102NO8P. The molecule has 0 aromatic carbocycles. The topological polar surface area (TPSA) is 111 Å². The zero-order valence-electron chi connectivity index (χ0n) is 46.1. The van der Waals surface area contributed by atoms with Gasteiger partial charge in [-0.2, -0.15) is 0 Å². The highest BCUT2D eigenvalue weighted by molar-refractivity contribution is 7.45. The SMILES string of the molecule is CC/C=C\C/C=C\C/C=C\C/C=C\C/C=C\C/C=C\CCCCCCCCCCCCCCCCC(=O)OC(COC(=O)C/C=C\C/C=C\C/C=C\C/C=C\C/C=C\CC)COP(=O)([O-])OCC[N+](C)(C)C. The van der Waals surface area contributed by atoms with Crippen molar-refractivity contribution in [3.63, 3.8) is 0 Å². The summed E-state index contributed by atoms with van der Waals surface area (Å²) in [5.74, 6) is -0.991. The number of phosphoric acid groups is 1. The van der Waals surface area contributed by atoms with Crippen LogP contribution in [-0.4, -0.2) is 70.0 Å². The van der Waals surface area contributed by atoms with E-state index >= 15 is 0 Å². The number of allylic oxidation sites excluding steroid dienone is 21. The van der Waals surface area contributed by atoms with E-state index in [4.69, 9.17) is 18.5 Å². The van der Waals surface area contributed by atoms with Crippen LogP contribution in [0.3, 0.4) is 0 Å². The summed E-state index contributed by atoms with van der Waals surface area (Å²) in [6.07, 6.45) is 75.4. The Morgan fingerprint density at radius 1 is 0.444 bits per heavy atom. The summed E-state index contributed by atoms with van der Waals surface area (Å²) in [5.41, 5.74) is 0. The Morgan fingerprint density at radius 2 is 0.792 bits per heavy atom. The van der Waals surface area contributed by atoms with Crippen molar-refractivity contribution in [2.45, 2.75) is 200 Å². The van der Waals surface area contributed by atoms with Crippen LogP contribution in [-0.2, 0) is 32.7 Å². The van der Waals surface area contributed by atoms with E-state index in [9.17, 15) is 19.0 Å². The Hall–Kier alpha value is -3.85. The zero-order valence-corrected chi connectivity index (χ0v) is 47.0. The van der Waals surface area contributed by atoms with E-state index in [2.05, 4.69) is 129 Å². The molecule has 9 nitrogen and oxygen atoms in total. The lowest BCUT2D eigenvalue weighted by atomic mass is 10.0. The van der Waals surface area contributed by atoms with Crippen molar-refractivity contribution >= 4 is 19.8 Å². The molecule has 2 atom stereocenters. The Morgan fingerprint density at radius 3 is 1.18 bits per heavy atom. The fraction of sp³-hybridized carbons (Fsp3) is 0.613. The molecular weight excluding hydrogens is 918 g/mol. The fourth-order valence-corrected chi connectivity index (χ4v) is 7.70. The second kappa shape index (κ2) is 52.0. The number of nitrogens with zero attached hydrogens (tertiary/aromatic N) is 1. The number of esters is 2. The van der Waals surface area contributed by atoms with Gasteiger partial charge in [0.25, 0.3) is 7.82 Å². The maximum atomic E-state index is 12.8. The van der Waals surface area contributed by atoms with Gasteiger partial charge in [0.15, 0.2) is 6.10 Å². The van der Waals surface area contributed by atoms with Gasteiger partial charge in [0, 0.05) is 6.42 Å². The summed E-state index contributed by atoms with van der Waals surface area (Å²) in [6, 6.07) is 0. The second-order valence-electron chi connectivity index (χ2n) is 19.2. The maximum absolute atomic E-state index is 12.8. The van der Waals surface area contributed by atoms with Gasteiger partial charge in [-0.15, -0.1) is 0 Å². The van der Waals surface area contributed by atoms with E-state index < -0.39 is 32.5 Å². The summed E-state index contributed by atoms with van der Waals surface area (Å²) in [5, 5.41) is 0. The van der Waals surface area contributed by atoms with Crippen LogP contribution in [0.4, 0.5) is 0 Å². The monoisotopic (exact) mass is 1020 g/mol. The molecule has 0 bridgehead atoms. The largest absolute Gasteiger partial charge is 0.756 e. The van der Waals surface area contributed by atoms with Gasteiger partial charge >= 0.3 is 11.9 Å². The Kier molecular flexibility index (Phi) is 49.2. The highest BCUT2D eigenvalue weighted by Crippen LogP contribution is 2.38. The highest BCUT2D eigenvalue weighted by atomic mass is 31.2. The summed E-state index contributed by atoms with van der Waals surface area (Å²) < 4.78 is 33.9. The van der Waals surface area contributed by atoms with Crippen LogP contribution in [0.5, 0.6) is 0 Å². The van der Waals surface area contributed by atoms with E-state index in [1.165, 1.54) is 70.6 Å². The van der Waals surface area contributed by atoms with Crippen molar-refractivity contribution in [1.29, 1.82) is 0 Å². The highest BCUT2D eigenvalue weighted by Gasteiger charge is 2.21. The lowest BCUT2D eigenvalue weighted by molar-refractivity contribution is -0.870. The number of likely N-dealkylation sites (N-methyl/N-ethyl adjacent to an activating group) is 1. The molecule has 0 aliphatic heterocycles. The first kappa shape index (κ1) is 68.2. The molecule has 408 valence electrons. The molecule has 0 saturated heterocycles. The fourth-order valence-electron chi connectivity index (χ4n) is 6.97. The normalized spacial score (nSPS) is 14.4. The number of carbonyl (C=O) groups excluding carboxylic acids is 2. The van der Waals surface area contributed by atoms with Crippen molar-refractivity contribution in [2.24, 2.45) is 0 Å². The second-order valence-corrected chi connectivity index (χ2v) is 20.6. The third kappa shape index (κ3) is 55.5. The molecule has 2 unspecified atom stereocenters. The van der Waals surface area contributed by atoms with Gasteiger partial charge in [0.2, 0.25) is 0 Å². The van der Waals surface area contributed by atoms with Crippen molar-refractivity contribution in [3.05, 3.63) is 134 Å². The first-order valence-electron chi connectivity index (χ1n) is 27.9. The van der Waals surface area contributed by atoms with E-state index in [0.717, 1.165) is 83.5 Å². The quantitative estimate of drug-likeness (QED) is 0.0195. The van der Waals surface area contributed by atoms with Crippen LogP contribution in [0, 0.1) is 0 Å². The summed E-state index contributed by atoms with van der Waals surface area (Å²) in [7, 11) is 1.10. The van der Waals surface area contributed by atoms with Crippen molar-refractivity contribution in [1.82, 2.24) is 0 Å². The number of hydrogen-bond donors (Lipinski definition) is 0. The third-order valence-electron chi connectivity index (χ3n) is 11.2. The Labute approximate surface area is 441 Å². The standard InChI is InChI=1S/C62H102NO8P/c1-6-8-10-12-14-16-18-20-22-23-24-25-26-27-28-29-30-31-32-33-34-35-36-37-38-39-41-43-45-47-49-51-53-55-62(65)71-60(59-70-72(66,67)69-57-56-63(3,4)5)58-68-61(64)54-52-50-48-46-44-42-40-21-19-17-15-13-11-9-7-2/h8-11,14-17,20-22,24-25,27-28,30-31,40,44,46,50,52,60H,6-7,12-13,18-19,23,26,29,32-39,41-43,45,47-49,51,53-59H2,1-5H3/b10-8-,11-9-,16-14-,17-15-,22-20-,25-24-,28-27-,31-30-,40-21-,46-44-,52-50-. The van der Waals surface area contributed by atoms with Gasteiger partial charge in [-0.3, -0.25) is 14.2 Å². The average molecular weight is 1020 g/mol.